The van der Waals surface area contributed by atoms with Crippen LogP contribution in [-0.4, -0.2) is 35.8 Å². The van der Waals surface area contributed by atoms with Crippen molar-refractivity contribution in [2.75, 3.05) is 6.61 Å². The summed E-state index contributed by atoms with van der Waals surface area (Å²) in [5, 5.41) is 11.5. The number of carbonyl (C=O) groups is 3. The first-order valence-electron chi connectivity index (χ1n) is 10.6. The van der Waals surface area contributed by atoms with Gasteiger partial charge in [-0.05, 0) is 27.8 Å². The summed E-state index contributed by atoms with van der Waals surface area (Å²) in [4.78, 5) is 36.1. The fraction of sp³-hybridized carbons (Fsp3) is 0.192. The molecule has 0 radical (unpaired) electrons. The summed E-state index contributed by atoms with van der Waals surface area (Å²) in [5.74, 6) is -2.23. The van der Waals surface area contributed by atoms with Crippen molar-refractivity contribution in [2.45, 2.75) is 25.0 Å². The van der Waals surface area contributed by atoms with Crippen LogP contribution in [0.5, 0.6) is 0 Å². The van der Waals surface area contributed by atoms with Gasteiger partial charge in [0.2, 0.25) is 0 Å². The number of aliphatic carboxylic acids is 1. The molecular weight excluding hydrogens is 422 g/mol. The Kier molecular flexibility index (Phi) is 6.69. The number of nitrogens with one attached hydrogen (secondary N) is 1. The highest BCUT2D eigenvalue weighted by Crippen LogP contribution is 2.44. The number of fused-ring (bicyclic) bond motifs is 3. The molecule has 4 rings (SSSR count). The van der Waals surface area contributed by atoms with Gasteiger partial charge in [-0.2, -0.15) is 0 Å². The van der Waals surface area contributed by atoms with Gasteiger partial charge in [0.1, 0.15) is 19.3 Å². The molecule has 0 bridgehead atoms. The SMILES string of the molecule is O=C(O)CC(NC(=O)OCC1c2ccccc2-c2ccccc21)C(=O)OCc1ccccc1. The topological polar surface area (TPSA) is 102 Å². The van der Waals surface area contributed by atoms with Crippen molar-refractivity contribution >= 4 is 18.0 Å². The lowest BCUT2D eigenvalue weighted by Crippen LogP contribution is -2.43. The van der Waals surface area contributed by atoms with E-state index < -0.39 is 30.5 Å². The molecule has 3 aromatic carbocycles. The Hall–Kier alpha value is -4.13. The summed E-state index contributed by atoms with van der Waals surface area (Å²) < 4.78 is 10.6. The lowest BCUT2D eigenvalue weighted by Gasteiger charge is -2.18. The van der Waals surface area contributed by atoms with Crippen LogP contribution < -0.4 is 5.32 Å². The maximum absolute atomic E-state index is 12.5. The van der Waals surface area contributed by atoms with Crippen LogP contribution in [0, 0.1) is 0 Å². The summed E-state index contributed by atoms with van der Waals surface area (Å²) in [5.41, 5.74) is 5.04. The molecule has 0 aliphatic heterocycles. The molecule has 0 aromatic heterocycles. The Morgan fingerprint density at radius 3 is 2.00 bits per heavy atom. The molecular formula is C26H23NO6. The van der Waals surface area contributed by atoms with E-state index in [-0.39, 0.29) is 19.1 Å². The van der Waals surface area contributed by atoms with E-state index in [1.165, 1.54) is 0 Å². The smallest absolute Gasteiger partial charge is 0.407 e. The van der Waals surface area contributed by atoms with Crippen molar-refractivity contribution in [1.82, 2.24) is 5.32 Å². The number of alkyl carbamates (subject to hydrolysis) is 1. The van der Waals surface area contributed by atoms with E-state index >= 15 is 0 Å². The minimum atomic E-state index is -1.36. The van der Waals surface area contributed by atoms with Crippen LogP contribution in [0.4, 0.5) is 4.79 Å². The number of benzene rings is 3. The van der Waals surface area contributed by atoms with Crippen molar-refractivity contribution in [1.29, 1.82) is 0 Å². The number of hydrogen-bond acceptors (Lipinski definition) is 5. The van der Waals surface area contributed by atoms with Gasteiger partial charge >= 0.3 is 18.0 Å². The lowest BCUT2D eigenvalue weighted by molar-refractivity contribution is -0.151. The molecule has 2 N–H and O–H groups in total. The highest BCUT2D eigenvalue weighted by molar-refractivity contribution is 5.86. The Morgan fingerprint density at radius 1 is 0.818 bits per heavy atom. The van der Waals surface area contributed by atoms with E-state index in [9.17, 15) is 14.4 Å². The second kappa shape index (κ2) is 9.99. The molecule has 33 heavy (non-hydrogen) atoms. The second-order valence-corrected chi connectivity index (χ2v) is 7.71. The molecule has 1 unspecified atom stereocenters. The Balaban J connectivity index is 1.39. The lowest BCUT2D eigenvalue weighted by atomic mass is 9.98. The fourth-order valence-corrected chi connectivity index (χ4v) is 3.98. The molecule has 3 aromatic rings. The fourth-order valence-electron chi connectivity index (χ4n) is 3.98. The molecule has 7 nitrogen and oxygen atoms in total. The summed E-state index contributed by atoms with van der Waals surface area (Å²) in [6.07, 6.45) is -1.49. The molecule has 0 heterocycles. The Morgan fingerprint density at radius 2 is 1.39 bits per heavy atom. The van der Waals surface area contributed by atoms with E-state index in [0.29, 0.717) is 0 Å². The van der Waals surface area contributed by atoms with Crippen LogP contribution >= 0.6 is 0 Å². The quantitative estimate of drug-likeness (QED) is 0.506. The van der Waals surface area contributed by atoms with Gasteiger partial charge in [-0.1, -0.05) is 78.9 Å². The van der Waals surface area contributed by atoms with Crippen molar-refractivity contribution in [3.63, 3.8) is 0 Å². The van der Waals surface area contributed by atoms with Gasteiger partial charge in [0.25, 0.3) is 0 Å². The van der Waals surface area contributed by atoms with E-state index in [2.05, 4.69) is 5.32 Å². The molecule has 168 valence electrons. The number of esters is 1. The predicted molar refractivity (Wildman–Crippen MR) is 120 cm³/mol. The van der Waals surface area contributed by atoms with Crippen LogP contribution in [-0.2, 0) is 25.7 Å². The Labute approximate surface area is 191 Å². The van der Waals surface area contributed by atoms with E-state index in [4.69, 9.17) is 14.6 Å². The van der Waals surface area contributed by atoms with Crippen LogP contribution in [0.2, 0.25) is 0 Å². The minimum Gasteiger partial charge on any atom is -0.481 e. The third kappa shape index (κ3) is 5.20. The van der Waals surface area contributed by atoms with Gasteiger partial charge < -0.3 is 19.9 Å². The summed E-state index contributed by atoms with van der Waals surface area (Å²) in [7, 11) is 0. The molecule has 0 saturated carbocycles. The van der Waals surface area contributed by atoms with Crippen LogP contribution in [0.15, 0.2) is 78.9 Å². The third-order valence-corrected chi connectivity index (χ3v) is 5.52. The van der Waals surface area contributed by atoms with Crippen molar-refractivity contribution in [3.05, 3.63) is 95.6 Å². The molecule has 0 saturated heterocycles. The summed E-state index contributed by atoms with van der Waals surface area (Å²) in [6, 6.07) is 23.5. The third-order valence-electron chi connectivity index (χ3n) is 5.52. The maximum atomic E-state index is 12.5. The molecule has 1 aliphatic carbocycles. The number of carboxylic acid groups (broad SMARTS) is 1. The molecule has 7 heteroatoms. The zero-order chi connectivity index (χ0) is 23.2. The second-order valence-electron chi connectivity index (χ2n) is 7.71. The molecule has 1 amide bonds. The van der Waals surface area contributed by atoms with Crippen LogP contribution in [0.3, 0.4) is 0 Å². The van der Waals surface area contributed by atoms with Crippen LogP contribution in [0.1, 0.15) is 29.0 Å². The van der Waals surface area contributed by atoms with E-state index in [1.54, 1.807) is 24.3 Å². The molecule has 1 aliphatic rings. The van der Waals surface area contributed by atoms with E-state index in [1.807, 2.05) is 54.6 Å². The number of carbonyl (C=O) groups excluding carboxylic acids is 2. The van der Waals surface area contributed by atoms with Gasteiger partial charge in [-0.15, -0.1) is 0 Å². The number of hydrogen-bond donors (Lipinski definition) is 2. The first kappa shape index (κ1) is 22.1. The number of ether oxygens (including phenoxy) is 2. The average Bonchev–Trinajstić information content (AvgIpc) is 3.15. The van der Waals surface area contributed by atoms with Gasteiger partial charge in [-0.25, -0.2) is 9.59 Å². The first-order chi connectivity index (χ1) is 16.0. The first-order valence-corrected chi connectivity index (χ1v) is 10.6. The van der Waals surface area contributed by atoms with Gasteiger partial charge in [0.15, 0.2) is 0 Å². The maximum Gasteiger partial charge on any atom is 0.407 e. The number of carboxylic acids is 1. The highest BCUT2D eigenvalue weighted by Gasteiger charge is 2.30. The van der Waals surface area contributed by atoms with E-state index in [0.717, 1.165) is 27.8 Å². The average molecular weight is 445 g/mol. The molecule has 1 atom stereocenters. The Bertz CT molecular complexity index is 1110. The number of amides is 1. The van der Waals surface area contributed by atoms with Crippen LogP contribution in [0.25, 0.3) is 11.1 Å². The van der Waals surface area contributed by atoms with Crippen molar-refractivity contribution in [3.8, 4) is 11.1 Å². The standard InChI is InChI=1S/C26H23NO6/c28-24(29)14-23(25(30)32-15-17-8-2-1-3-9-17)27-26(31)33-16-22-20-12-6-4-10-18(20)19-11-5-7-13-21(19)22/h1-13,22-23H,14-16H2,(H,27,31)(H,28,29). The summed E-state index contributed by atoms with van der Waals surface area (Å²) >= 11 is 0. The highest BCUT2D eigenvalue weighted by atomic mass is 16.6. The predicted octanol–water partition coefficient (Wildman–Crippen LogP) is 4.11. The van der Waals surface area contributed by atoms with Gasteiger partial charge in [0.05, 0.1) is 6.42 Å². The zero-order valence-electron chi connectivity index (χ0n) is 17.8. The monoisotopic (exact) mass is 445 g/mol. The zero-order valence-corrected chi connectivity index (χ0v) is 17.8. The van der Waals surface area contributed by atoms with Gasteiger partial charge in [-0.3, -0.25) is 4.79 Å². The van der Waals surface area contributed by atoms with Crippen molar-refractivity contribution in [2.24, 2.45) is 0 Å². The molecule has 0 fully saturated rings. The normalized spacial score (nSPS) is 12.8. The van der Waals surface area contributed by atoms with Gasteiger partial charge in [0, 0.05) is 5.92 Å². The summed E-state index contributed by atoms with van der Waals surface area (Å²) in [6.45, 7) is 0.0286. The van der Waals surface area contributed by atoms with Crippen molar-refractivity contribution < 1.29 is 29.0 Å². The molecule has 0 spiro atoms. The largest absolute Gasteiger partial charge is 0.481 e. The number of rotatable bonds is 8. The minimum absolute atomic E-state index is 0.0256.